The van der Waals surface area contributed by atoms with Gasteiger partial charge in [0.25, 0.3) is 0 Å². The Hall–Kier alpha value is -0.610. The van der Waals surface area contributed by atoms with E-state index in [1.807, 2.05) is 6.92 Å². The van der Waals surface area contributed by atoms with Crippen LogP contribution in [0.5, 0.6) is 0 Å². The molecule has 0 aliphatic carbocycles. The van der Waals surface area contributed by atoms with E-state index in [-0.39, 0.29) is 5.54 Å². The van der Waals surface area contributed by atoms with Gasteiger partial charge in [-0.25, -0.2) is 0 Å². The normalized spacial score (nSPS) is 30.3. The van der Waals surface area contributed by atoms with Crippen molar-refractivity contribution in [3.63, 3.8) is 0 Å². The third kappa shape index (κ3) is 2.67. The van der Waals surface area contributed by atoms with E-state index in [0.29, 0.717) is 6.42 Å². The van der Waals surface area contributed by atoms with Gasteiger partial charge in [0.05, 0.1) is 0 Å². The van der Waals surface area contributed by atoms with Crippen molar-refractivity contribution >= 4 is 5.97 Å². The van der Waals surface area contributed by atoms with Crippen molar-refractivity contribution in [3.8, 4) is 0 Å². The molecule has 2 unspecified atom stereocenters. The number of rotatable bonds is 4. The van der Waals surface area contributed by atoms with Crippen LogP contribution in [0.15, 0.2) is 0 Å². The second-order valence-corrected chi connectivity index (χ2v) is 3.93. The van der Waals surface area contributed by atoms with Gasteiger partial charge in [-0.3, -0.25) is 10.1 Å². The SMILES string of the molecule is CCC(NC1(C)CCNC1)C(=O)O. The van der Waals surface area contributed by atoms with Crippen molar-refractivity contribution < 1.29 is 9.90 Å². The Morgan fingerprint density at radius 2 is 2.46 bits per heavy atom. The Morgan fingerprint density at radius 1 is 1.77 bits per heavy atom. The van der Waals surface area contributed by atoms with Gasteiger partial charge in [0, 0.05) is 12.1 Å². The standard InChI is InChI=1S/C9H18N2O2/c1-3-7(8(12)13)11-9(2)4-5-10-6-9/h7,10-11H,3-6H2,1-2H3,(H,12,13). The van der Waals surface area contributed by atoms with Crippen molar-refractivity contribution in [1.29, 1.82) is 0 Å². The molecule has 0 aromatic carbocycles. The molecule has 1 heterocycles. The van der Waals surface area contributed by atoms with Gasteiger partial charge in [0.15, 0.2) is 0 Å². The maximum atomic E-state index is 10.8. The summed E-state index contributed by atoms with van der Waals surface area (Å²) in [4.78, 5) is 10.8. The second-order valence-electron chi connectivity index (χ2n) is 3.93. The van der Waals surface area contributed by atoms with E-state index in [1.54, 1.807) is 0 Å². The molecule has 1 rings (SSSR count). The van der Waals surface area contributed by atoms with E-state index in [9.17, 15) is 4.79 Å². The number of carbonyl (C=O) groups is 1. The summed E-state index contributed by atoms with van der Waals surface area (Å²) in [5, 5.41) is 15.3. The smallest absolute Gasteiger partial charge is 0.320 e. The van der Waals surface area contributed by atoms with Gasteiger partial charge in [-0.1, -0.05) is 6.92 Å². The second kappa shape index (κ2) is 4.07. The molecule has 1 fully saturated rings. The fourth-order valence-electron chi connectivity index (χ4n) is 1.70. The molecule has 4 nitrogen and oxygen atoms in total. The summed E-state index contributed by atoms with van der Waals surface area (Å²) in [6.07, 6.45) is 1.63. The first-order valence-corrected chi connectivity index (χ1v) is 4.78. The van der Waals surface area contributed by atoms with Crippen LogP contribution in [0.4, 0.5) is 0 Å². The summed E-state index contributed by atoms with van der Waals surface area (Å²) < 4.78 is 0. The Labute approximate surface area is 78.7 Å². The summed E-state index contributed by atoms with van der Waals surface area (Å²) in [5.74, 6) is -0.754. The highest BCUT2D eigenvalue weighted by molar-refractivity contribution is 5.73. The molecule has 1 aliphatic heterocycles. The van der Waals surface area contributed by atoms with Crippen molar-refractivity contribution in [2.45, 2.75) is 38.3 Å². The minimum Gasteiger partial charge on any atom is -0.480 e. The summed E-state index contributed by atoms with van der Waals surface area (Å²) >= 11 is 0. The number of hydrogen-bond donors (Lipinski definition) is 3. The zero-order valence-corrected chi connectivity index (χ0v) is 8.26. The predicted octanol–water partition coefficient (Wildman–Crippen LogP) is 0.191. The largest absolute Gasteiger partial charge is 0.480 e. The first kappa shape index (κ1) is 10.5. The molecular formula is C9H18N2O2. The lowest BCUT2D eigenvalue weighted by Gasteiger charge is -2.28. The van der Waals surface area contributed by atoms with E-state index in [1.165, 1.54) is 0 Å². The number of nitrogens with one attached hydrogen (secondary N) is 2. The van der Waals surface area contributed by atoms with Crippen molar-refractivity contribution in [2.24, 2.45) is 0 Å². The summed E-state index contributed by atoms with van der Waals surface area (Å²) in [7, 11) is 0. The van der Waals surface area contributed by atoms with Crippen molar-refractivity contribution in [1.82, 2.24) is 10.6 Å². The lowest BCUT2D eigenvalue weighted by molar-refractivity contribution is -0.140. The van der Waals surface area contributed by atoms with Gasteiger partial charge in [0.1, 0.15) is 6.04 Å². The molecule has 1 saturated heterocycles. The topological polar surface area (TPSA) is 61.4 Å². The molecule has 2 atom stereocenters. The van der Waals surface area contributed by atoms with E-state index in [0.717, 1.165) is 19.5 Å². The molecule has 1 aliphatic rings. The van der Waals surface area contributed by atoms with E-state index < -0.39 is 12.0 Å². The predicted molar refractivity (Wildman–Crippen MR) is 50.7 cm³/mol. The lowest BCUT2D eigenvalue weighted by Crippen LogP contribution is -2.52. The Morgan fingerprint density at radius 3 is 2.85 bits per heavy atom. The first-order valence-electron chi connectivity index (χ1n) is 4.78. The Bertz CT molecular complexity index is 188. The van der Waals surface area contributed by atoms with Crippen LogP contribution in [0, 0.1) is 0 Å². The van der Waals surface area contributed by atoms with Crippen LogP contribution in [0.1, 0.15) is 26.7 Å². The summed E-state index contributed by atoms with van der Waals surface area (Å²) in [5.41, 5.74) is -0.0426. The molecule has 0 saturated carbocycles. The molecule has 76 valence electrons. The molecule has 0 amide bonds. The molecule has 0 radical (unpaired) electrons. The summed E-state index contributed by atoms with van der Waals surface area (Å²) in [6.45, 7) is 5.78. The molecule has 0 aromatic rings. The highest BCUT2D eigenvalue weighted by atomic mass is 16.4. The van der Waals surface area contributed by atoms with Gasteiger partial charge in [-0.2, -0.15) is 0 Å². The third-order valence-corrected chi connectivity index (χ3v) is 2.60. The van der Waals surface area contributed by atoms with Gasteiger partial charge in [-0.15, -0.1) is 0 Å². The average Bonchev–Trinajstić information content (AvgIpc) is 2.48. The third-order valence-electron chi connectivity index (χ3n) is 2.60. The van der Waals surface area contributed by atoms with Crippen LogP contribution >= 0.6 is 0 Å². The zero-order valence-electron chi connectivity index (χ0n) is 8.26. The van der Waals surface area contributed by atoms with Gasteiger partial charge in [-0.05, 0) is 26.3 Å². The Balaban J connectivity index is 2.49. The highest BCUT2D eigenvalue weighted by Gasteiger charge is 2.32. The maximum Gasteiger partial charge on any atom is 0.320 e. The van der Waals surface area contributed by atoms with E-state index in [2.05, 4.69) is 17.6 Å². The van der Waals surface area contributed by atoms with Crippen LogP contribution in [0.25, 0.3) is 0 Å². The minimum atomic E-state index is -0.754. The molecule has 0 spiro atoms. The summed E-state index contributed by atoms with van der Waals surface area (Å²) in [6, 6.07) is -0.412. The van der Waals surface area contributed by atoms with Gasteiger partial charge >= 0.3 is 5.97 Å². The van der Waals surface area contributed by atoms with Crippen molar-refractivity contribution in [3.05, 3.63) is 0 Å². The van der Waals surface area contributed by atoms with Crippen LogP contribution in [-0.4, -0.2) is 35.7 Å². The maximum absolute atomic E-state index is 10.8. The lowest BCUT2D eigenvalue weighted by atomic mass is 9.99. The molecule has 4 heteroatoms. The monoisotopic (exact) mass is 186 g/mol. The fourth-order valence-corrected chi connectivity index (χ4v) is 1.70. The minimum absolute atomic E-state index is 0.0426. The van der Waals surface area contributed by atoms with E-state index in [4.69, 9.17) is 5.11 Å². The van der Waals surface area contributed by atoms with Crippen LogP contribution in [-0.2, 0) is 4.79 Å². The van der Waals surface area contributed by atoms with Gasteiger partial charge < -0.3 is 10.4 Å². The van der Waals surface area contributed by atoms with Crippen LogP contribution < -0.4 is 10.6 Å². The number of aliphatic carboxylic acids is 1. The fraction of sp³-hybridized carbons (Fsp3) is 0.889. The number of hydrogen-bond acceptors (Lipinski definition) is 3. The molecule has 3 N–H and O–H groups in total. The van der Waals surface area contributed by atoms with E-state index >= 15 is 0 Å². The molecule has 0 aromatic heterocycles. The number of carboxylic acid groups (broad SMARTS) is 1. The molecular weight excluding hydrogens is 168 g/mol. The van der Waals surface area contributed by atoms with Crippen LogP contribution in [0.3, 0.4) is 0 Å². The first-order chi connectivity index (χ1) is 6.07. The highest BCUT2D eigenvalue weighted by Crippen LogP contribution is 2.14. The molecule has 13 heavy (non-hydrogen) atoms. The van der Waals surface area contributed by atoms with Crippen molar-refractivity contribution in [2.75, 3.05) is 13.1 Å². The number of carboxylic acids is 1. The molecule has 0 bridgehead atoms. The quantitative estimate of drug-likeness (QED) is 0.586. The van der Waals surface area contributed by atoms with Gasteiger partial charge in [0.2, 0.25) is 0 Å². The Kier molecular flexibility index (Phi) is 3.27. The zero-order chi connectivity index (χ0) is 9.90. The average molecular weight is 186 g/mol. The van der Waals surface area contributed by atoms with Crippen LogP contribution in [0.2, 0.25) is 0 Å².